The molecule has 0 atom stereocenters. The Hall–Kier alpha value is -2.28. The maximum Gasteiger partial charge on any atom is 0.266 e. The Kier molecular flexibility index (Phi) is 3.54. The largest absolute Gasteiger partial charge is 0.508 e. The molecular formula is C13H13FN2O3S. The van der Waals surface area contributed by atoms with Gasteiger partial charge in [0, 0.05) is 12.7 Å². The summed E-state index contributed by atoms with van der Waals surface area (Å²) in [5.74, 6) is -0.895. The number of anilines is 2. The van der Waals surface area contributed by atoms with Crippen LogP contribution in [0, 0.1) is 5.82 Å². The Morgan fingerprint density at radius 3 is 2.30 bits per heavy atom. The van der Waals surface area contributed by atoms with Crippen molar-refractivity contribution in [2.75, 3.05) is 17.1 Å². The van der Waals surface area contributed by atoms with Gasteiger partial charge in [0.15, 0.2) is 0 Å². The first-order valence-corrected chi connectivity index (χ1v) is 7.09. The fourth-order valence-electron chi connectivity index (χ4n) is 1.68. The molecule has 0 aliphatic carbocycles. The summed E-state index contributed by atoms with van der Waals surface area (Å²) in [4.78, 5) is -0.456. The van der Waals surface area contributed by atoms with Crippen LogP contribution >= 0.6 is 0 Å². The molecule has 5 nitrogen and oxygen atoms in total. The van der Waals surface area contributed by atoms with Gasteiger partial charge in [-0.1, -0.05) is 0 Å². The molecule has 0 spiro atoms. The van der Waals surface area contributed by atoms with E-state index in [9.17, 15) is 17.9 Å². The van der Waals surface area contributed by atoms with E-state index in [1.54, 1.807) is 0 Å². The highest BCUT2D eigenvalue weighted by atomic mass is 32.2. The summed E-state index contributed by atoms with van der Waals surface area (Å²) < 4.78 is 39.4. The number of benzene rings is 2. The molecular weight excluding hydrogens is 283 g/mol. The lowest BCUT2D eigenvalue weighted by molar-refractivity contribution is 0.475. The Balaban J connectivity index is 2.46. The highest BCUT2D eigenvalue weighted by Gasteiger charge is 2.24. The van der Waals surface area contributed by atoms with Gasteiger partial charge in [-0.2, -0.15) is 0 Å². The molecule has 7 heteroatoms. The lowest BCUT2D eigenvalue weighted by atomic mass is 10.3. The van der Waals surface area contributed by atoms with E-state index in [0.29, 0.717) is 5.69 Å². The maximum absolute atomic E-state index is 13.8. The van der Waals surface area contributed by atoms with E-state index in [2.05, 4.69) is 0 Å². The van der Waals surface area contributed by atoms with Crippen molar-refractivity contribution >= 4 is 21.4 Å². The van der Waals surface area contributed by atoms with Gasteiger partial charge < -0.3 is 10.8 Å². The van der Waals surface area contributed by atoms with Gasteiger partial charge >= 0.3 is 0 Å². The first kappa shape index (κ1) is 14.1. The number of hydrogen-bond acceptors (Lipinski definition) is 4. The zero-order chi connectivity index (χ0) is 14.9. The van der Waals surface area contributed by atoms with E-state index in [0.717, 1.165) is 16.4 Å². The van der Waals surface area contributed by atoms with E-state index in [-0.39, 0.29) is 11.4 Å². The molecule has 0 bridgehead atoms. The molecule has 20 heavy (non-hydrogen) atoms. The van der Waals surface area contributed by atoms with Crippen LogP contribution in [-0.2, 0) is 10.0 Å². The smallest absolute Gasteiger partial charge is 0.266 e. The number of nitrogen functional groups attached to an aromatic ring is 1. The van der Waals surface area contributed by atoms with Crippen LogP contribution in [0.15, 0.2) is 47.4 Å². The van der Waals surface area contributed by atoms with Crippen molar-refractivity contribution in [2.24, 2.45) is 0 Å². The Bertz CT molecular complexity index is 730. The third kappa shape index (κ3) is 2.53. The first-order chi connectivity index (χ1) is 9.32. The van der Waals surface area contributed by atoms with Crippen LogP contribution in [0.3, 0.4) is 0 Å². The first-order valence-electron chi connectivity index (χ1n) is 5.65. The van der Waals surface area contributed by atoms with E-state index in [4.69, 9.17) is 5.73 Å². The third-order valence-corrected chi connectivity index (χ3v) is 4.63. The van der Waals surface area contributed by atoms with Crippen molar-refractivity contribution in [1.29, 1.82) is 0 Å². The van der Waals surface area contributed by atoms with Gasteiger partial charge in [0.1, 0.15) is 16.5 Å². The molecule has 0 aliphatic rings. The molecule has 0 aromatic heterocycles. The molecule has 0 unspecified atom stereocenters. The highest BCUT2D eigenvalue weighted by Crippen LogP contribution is 2.26. The van der Waals surface area contributed by atoms with E-state index in [1.807, 2.05) is 0 Å². The van der Waals surface area contributed by atoms with Crippen molar-refractivity contribution in [3.05, 3.63) is 48.3 Å². The summed E-state index contributed by atoms with van der Waals surface area (Å²) in [5, 5.41) is 9.19. The number of sulfonamides is 1. The number of rotatable bonds is 3. The van der Waals surface area contributed by atoms with Crippen LogP contribution < -0.4 is 10.0 Å². The average molecular weight is 296 g/mol. The fraction of sp³-hybridized carbons (Fsp3) is 0.0769. The topological polar surface area (TPSA) is 83.6 Å². The second-order valence-electron chi connectivity index (χ2n) is 4.18. The monoisotopic (exact) mass is 296 g/mol. The van der Waals surface area contributed by atoms with Gasteiger partial charge in [-0.3, -0.25) is 4.31 Å². The predicted octanol–water partition coefficient (Wildman–Crippen LogP) is 1.94. The standard InChI is InChI=1S/C13H13FN2O3S/c1-16(10-3-5-11(17)6-4-10)20(18,19)13-7-2-9(15)8-12(13)14/h2-8,17H,15H2,1H3. The summed E-state index contributed by atoms with van der Waals surface area (Å²) in [6.07, 6.45) is 0. The second-order valence-corrected chi connectivity index (χ2v) is 6.12. The van der Waals surface area contributed by atoms with E-state index < -0.39 is 20.7 Å². The quantitative estimate of drug-likeness (QED) is 0.848. The molecule has 2 aromatic rings. The molecule has 0 saturated heterocycles. The van der Waals surface area contributed by atoms with Crippen molar-refractivity contribution in [3.63, 3.8) is 0 Å². The second kappa shape index (κ2) is 5.01. The Morgan fingerprint density at radius 2 is 1.75 bits per heavy atom. The SMILES string of the molecule is CN(c1ccc(O)cc1)S(=O)(=O)c1ccc(N)cc1F. The minimum absolute atomic E-state index is 0.0122. The van der Waals surface area contributed by atoms with Crippen molar-refractivity contribution in [1.82, 2.24) is 0 Å². The zero-order valence-corrected chi connectivity index (χ0v) is 11.4. The van der Waals surface area contributed by atoms with Gasteiger partial charge in [-0.25, -0.2) is 12.8 Å². The number of phenolic OH excluding ortho intramolecular Hbond substituents is 1. The van der Waals surface area contributed by atoms with Gasteiger partial charge in [0.25, 0.3) is 10.0 Å². The van der Waals surface area contributed by atoms with Crippen molar-refractivity contribution in [2.45, 2.75) is 4.90 Å². The van der Waals surface area contributed by atoms with E-state index >= 15 is 0 Å². The molecule has 0 saturated carbocycles. The van der Waals surface area contributed by atoms with Crippen LogP contribution in [0.5, 0.6) is 5.75 Å². The molecule has 2 aromatic carbocycles. The van der Waals surface area contributed by atoms with Crippen LogP contribution in [0.1, 0.15) is 0 Å². The normalized spacial score (nSPS) is 11.3. The predicted molar refractivity (Wildman–Crippen MR) is 74.5 cm³/mol. The number of aromatic hydroxyl groups is 1. The fourth-order valence-corrected chi connectivity index (χ4v) is 2.91. The third-order valence-electron chi connectivity index (χ3n) is 2.81. The van der Waals surface area contributed by atoms with Gasteiger partial charge in [0.05, 0.1) is 5.69 Å². The molecule has 3 N–H and O–H groups in total. The van der Waals surface area contributed by atoms with Crippen molar-refractivity contribution < 1.29 is 17.9 Å². The summed E-state index contributed by atoms with van der Waals surface area (Å²) in [5.41, 5.74) is 5.85. The van der Waals surface area contributed by atoms with Crippen LogP contribution in [0.2, 0.25) is 0 Å². The molecule has 0 heterocycles. The molecule has 0 radical (unpaired) electrons. The Morgan fingerprint density at radius 1 is 1.15 bits per heavy atom. The van der Waals surface area contributed by atoms with Gasteiger partial charge in [0.2, 0.25) is 0 Å². The van der Waals surface area contributed by atoms with Crippen molar-refractivity contribution in [3.8, 4) is 5.75 Å². The number of halogens is 1. The van der Waals surface area contributed by atoms with Gasteiger partial charge in [-0.15, -0.1) is 0 Å². The van der Waals surface area contributed by atoms with Crippen LogP contribution in [0.4, 0.5) is 15.8 Å². The minimum Gasteiger partial charge on any atom is -0.508 e. The summed E-state index contributed by atoms with van der Waals surface area (Å²) in [6.45, 7) is 0. The lowest BCUT2D eigenvalue weighted by Gasteiger charge is -2.20. The maximum atomic E-state index is 13.8. The molecule has 2 rings (SSSR count). The molecule has 106 valence electrons. The van der Waals surface area contributed by atoms with E-state index in [1.165, 1.54) is 37.4 Å². The Labute approximate surface area is 116 Å². The van der Waals surface area contributed by atoms with Gasteiger partial charge in [-0.05, 0) is 42.5 Å². The number of phenols is 1. The number of hydrogen-bond donors (Lipinski definition) is 2. The minimum atomic E-state index is -4.03. The molecule has 0 fully saturated rings. The summed E-state index contributed by atoms with van der Waals surface area (Å²) in [6, 6.07) is 8.93. The highest BCUT2D eigenvalue weighted by molar-refractivity contribution is 7.92. The lowest BCUT2D eigenvalue weighted by Crippen LogP contribution is -2.27. The zero-order valence-electron chi connectivity index (χ0n) is 10.6. The number of nitrogens with zero attached hydrogens (tertiary/aromatic N) is 1. The average Bonchev–Trinajstić information content (AvgIpc) is 2.38. The molecule has 0 amide bonds. The van der Waals surface area contributed by atoms with Crippen LogP contribution in [-0.4, -0.2) is 20.6 Å². The summed E-state index contributed by atoms with van der Waals surface area (Å²) in [7, 11) is -2.73. The summed E-state index contributed by atoms with van der Waals surface area (Å²) >= 11 is 0. The number of nitrogens with two attached hydrogens (primary N) is 1. The van der Waals surface area contributed by atoms with Crippen LogP contribution in [0.25, 0.3) is 0 Å². The molecule has 0 aliphatic heterocycles.